The van der Waals surface area contributed by atoms with Gasteiger partial charge in [0.2, 0.25) is 11.8 Å². The number of hydrogen-bond acceptors (Lipinski definition) is 4. The van der Waals surface area contributed by atoms with Crippen LogP contribution in [0.2, 0.25) is 0 Å². The van der Waals surface area contributed by atoms with Gasteiger partial charge in [0.25, 0.3) is 0 Å². The molecule has 1 saturated heterocycles. The Morgan fingerprint density at radius 1 is 1.24 bits per heavy atom. The maximum Gasteiger partial charge on any atom is 0.236 e. The number of amides is 2. The van der Waals surface area contributed by atoms with Crippen LogP contribution in [0.25, 0.3) is 0 Å². The molecule has 0 spiro atoms. The molecule has 1 aliphatic heterocycles. The van der Waals surface area contributed by atoms with Crippen molar-refractivity contribution in [3.8, 4) is 0 Å². The van der Waals surface area contributed by atoms with Crippen molar-refractivity contribution in [2.45, 2.75) is 32.7 Å². The molecule has 2 amide bonds. The van der Waals surface area contributed by atoms with Crippen molar-refractivity contribution < 1.29 is 9.59 Å². The largest absolute Gasteiger partial charge is 0.355 e. The minimum atomic E-state index is 0.0638. The van der Waals surface area contributed by atoms with Crippen LogP contribution in [-0.2, 0) is 9.59 Å². The molecule has 2 N–H and O–H groups in total. The highest BCUT2D eigenvalue weighted by Crippen LogP contribution is 2.09. The summed E-state index contributed by atoms with van der Waals surface area (Å²) in [5.74, 6) is 0.690. The highest BCUT2D eigenvalue weighted by molar-refractivity contribution is 5.78. The van der Waals surface area contributed by atoms with Crippen molar-refractivity contribution in [3.05, 3.63) is 0 Å². The molecule has 0 atom stereocenters. The highest BCUT2D eigenvalue weighted by atomic mass is 16.2. The fraction of sp³-hybridized carbons (Fsp3) is 0.867. The van der Waals surface area contributed by atoms with E-state index in [9.17, 15) is 9.59 Å². The van der Waals surface area contributed by atoms with Crippen molar-refractivity contribution in [3.63, 3.8) is 0 Å². The first-order valence-corrected chi connectivity index (χ1v) is 7.81. The van der Waals surface area contributed by atoms with Gasteiger partial charge in [-0.1, -0.05) is 13.8 Å². The minimum Gasteiger partial charge on any atom is -0.355 e. The fourth-order valence-corrected chi connectivity index (χ4v) is 2.25. The van der Waals surface area contributed by atoms with Gasteiger partial charge in [0.05, 0.1) is 13.1 Å². The van der Waals surface area contributed by atoms with Crippen LogP contribution in [0.5, 0.6) is 0 Å². The Labute approximate surface area is 128 Å². The zero-order chi connectivity index (χ0) is 15.8. The van der Waals surface area contributed by atoms with Gasteiger partial charge in [-0.25, -0.2) is 0 Å². The van der Waals surface area contributed by atoms with Crippen molar-refractivity contribution in [1.82, 2.24) is 20.4 Å². The molecule has 0 aromatic heterocycles. The summed E-state index contributed by atoms with van der Waals surface area (Å²) in [4.78, 5) is 27.1. The monoisotopic (exact) mass is 298 g/mol. The Kier molecular flexibility index (Phi) is 7.67. The maximum atomic E-state index is 11.7. The van der Waals surface area contributed by atoms with Gasteiger partial charge < -0.3 is 15.5 Å². The van der Waals surface area contributed by atoms with E-state index >= 15 is 0 Å². The Hall–Kier alpha value is -1.14. The maximum absolute atomic E-state index is 11.7. The van der Waals surface area contributed by atoms with Crippen molar-refractivity contribution in [2.75, 3.05) is 46.8 Å². The molecule has 0 aromatic rings. The van der Waals surface area contributed by atoms with Crippen molar-refractivity contribution in [2.24, 2.45) is 5.92 Å². The van der Waals surface area contributed by atoms with Gasteiger partial charge in [-0.15, -0.1) is 0 Å². The van der Waals surface area contributed by atoms with E-state index in [-0.39, 0.29) is 11.8 Å². The van der Waals surface area contributed by atoms with E-state index in [1.807, 2.05) is 0 Å². The fourth-order valence-electron chi connectivity index (χ4n) is 2.25. The van der Waals surface area contributed by atoms with Gasteiger partial charge in [-0.2, -0.15) is 0 Å². The van der Waals surface area contributed by atoms with E-state index in [2.05, 4.69) is 29.4 Å². The van der Waals surface area contributed by atoms with Gasteiger partial charge in [0.1, 0.15) is 0 Å². The van der Waals surface area contributed by atoms with Gasteiger partial charge in [-0.05, 0) is 18.8 Å². The third-order valence-corrected chi connectivity index (χ3v) is 3.70. The molecule has 122 valence electrons. The quantitative estimate of drug-likeness (QED) is 0.689. The van der Waals surface area contributed by atoms with Crippen LogP contribution in [-0.4, -0.2) is 74.5 Å². The van der Waals surface area contributed by atoms with E-state index in [0.717, 1.165) is 32.5 Å². The van der Waals surface area contributed by atoms with Crippen LogP contribution in [0.15, 0.2) is 0 Å². The number of likely N-dealkylation sites (N-methyl/N-ethyl adjacent to an activating group) is 1. The zero-order valence-electron chi connectivity index (χ0n) is 13.8. The van der Waals surface area contributed by atoms with Crippen LogP contribution < -0.4 is 10.6 Å². The van der Waals surface area contributed by atoms with E-state index in [4.69, 9.17) is 0 Å². The SMILES string of the molecule is CC(C)CNC(=O)CNC1CCN(CC(=O)N(C)C)CC1. The topological polar surface area (TPSA) is 64.7 Å². The Morgan fingerprint density at radius 2 is 1.86 bits per heavy atom. The first kappa shape index (κ1) is 17.9. The number of likely N-dealkylation sites (tertiary alicyclic amines) is 1. The van der Waals surface area contributed by atoms with E-state index in [1.165, 1.54) is 0 Å². The molecule has 0 radical (unpaired) electrons. The van der Waals surface area contributed by atoms with E-state index in [1.54, 1.807) is 19.0 Å². The molecule has 0 unspecified atom stereocenters. The third-order valence-electron chi connectivity index (χ3n) is 3.70. The second-order valence-corrected chi connectivity index (χ2v) is 6.42. The number of rotatable bonds is 7. The molecule has 1 fully saturated rings. The molecule has 6 nitrogen and oxygen atoms in total. The molecular weight excluding hydrogens is 268 g/mol. The lowest BCUT2D eigenvalue weighted by Gasteiger charge is -2.32. The molecular formula is C15H30N4O2. The minimum absolute atomic E-state index is 0.0638. The molecule has 6 heteroatoms. The number of piperidine rings is 1. The lowest BCUT2D eigenvalue weighted by molar-refractivity contribution is -0.130. The summed E-state index contributed by atoms with van der Waals surface area (Å²) in [5.41, 5.74) is 0. The van der Waals surface area contributed by atoms with Crippen LogP contribution in [0.4, 0.5) is 0 Å². The van der Waals surface area contributed by atoms with Crippen molar-refractivity contribution >= 4 is 11.8 Å². The summed E-state index contributed by atoms with van der Waals surface area (Å²) < 4.78 is 0. The van der Waals surface area contributed by atoms with Crippen LogP contribution in [0.3, 0.4) is 0 Å². The average molecular weight is 298 g/mol. The van der Waals surface area contributed by atoms with Crippen LogP contribution >= 0.6 is 0 Å². The van der Waals surface area contributed by atoms with Crippen molar-refractivity contribution in [1.29, 1.82) is 0 Å². The van der Waals surface area contributed by atoms with E-state index in [0.29, 0.717) is 25.0 Å². The molecule has 0 bridgehead atoms. The van der Waals surface area contributed by atoms with Gasteiger partial charge >= 0.3 is 0 Å². The summed E-state index contributed by atoms with van der Waals surface area (Å²) in [5, 5.41) is 6.21. The molecule has 1 rings (SSSR count). The lowest BCUT2D eigenvalue weighted by atomic mass is 10.1. The van der Waals surface area contributed by atoms with Crippen LogP contribution in [0, 0.1) is 5.92 Å². The first-order chi connectivity index (χ1) is 9.88. The Balaban J connectivity index is 2.16. The summed E-state index contributed by atoms with van der Waals surface area (Å²) >= 11 is 0. The standard InChI is InChI=1S/C15H30N4O2/c1-12(2)9-17-14(20)10-16-13-5-7-19(8-6-13)11-15(21)18(3)4/h12-13,16H,5-11H2,1-4H3,(H,17,20). The number of hydrogen-bond donors (Lipinski definition) is 2. The Bertz CT molecular complexity index is 337. The van der Waals surface area contributed by atoms with Crippen LogP contribution in [0.1, 0.15) is 26.7 Å². The number of carbonyl (C=O) groups excluding carboxylic acids is 2. The highest BCUT2D eigenvalue weighted by Gasteiger charge is 2.21. The molecule has 0 saturated carbocycles. The number of nitrogens with zero attached hydrogens (tertiary/aromatic N) is 2. The smallest absolute Gasteiger partial charge is 0.236 e. The predicted molar refractivity (Wildman–Crippen MR) is 84.0 cm³/mol. The van der Waals surface area contributed by atoms with Gasteiger partial charge in [-0.3, -0.25) is 14.5 Å². The summed E-state index contributed by atoms with van der Waals surface area (Å²) in [6, 6.07) is 0.375. The second-order valence-electron chi connectivity index (χ2n) is 6.42. The Morgan fingerprint density at radius 3 is 2.38 bits per heavy atom. The molecule has 0 aliphatic carbocycles. The summed E-state index contributed by atoms with van der Waals surface area (Å²) in [7, 11) is 3.57. The molecule has 1 aliphatic rings. The first-order valence-electron chi connectivity index (χ1n) is 7.81. The third kappa shape index (κ3) is 7.43. The van der Waals surface area contributed by atoms with Gasteiger partial charge in [0, 0.05) is 39.8 Å². The average Bonchev–Trinajstić information content (AvgIpc) is 2.44. The number of carbonyl (C=O) groups is 2. The predicted octanol–water partition coefficient (Wildman–Crippen LogP) is -0.0992. The van der Waals surface area contributed by atoms with Gasteiger partial charge in [0.15, 0.2) is 0 Å². The molecule has 1 heterocycles. The molecule has 21 heavy (non-hydrogen) atoms. The molecule has 0 aromatic carbocycles. The normalized spacial score (nSPS) is 17.0. The van der Waals surface area contributed by atoms with E-state index < -0.39 is 0 Å². The zero-order valence-corrected chi connectivity index (χ0v) is 13.8. The summed E-state index contributed by atoms with van der Waals surface area (Å²) in [6.45, 7) is 7.58. The second kappa shape index (κ2) is 9.00. The summed E-state index contributed by atoms with van der Waals surface area (Å²) in [6.07, 6.45) is 1.97. The lowest BCUT2D eigenvalue weighted by Crippen LogP contribution is -2.48. The number of nitrogens with one attached hydrogen (secondary N) is 2.